The number of nitrogens with one attached hydrogen (secondary N) is 1. The van der Waals surface area contributed by atoms with Gasteiger partial charge in [-0.2, -0.15) is 5.10 Å². The normalized spacial score (nSPS) is 23.1. The summed E-state index contributed by atoms with van der Waals surface area (Å²) in [5, 5.41) is 7.54. The van der Waals surface area contributed by atoms with Crippen LogP contribution in [-0.2, 0) is 11.8 Å². The van der Waals surface area contributed by atoms with Gasteiger partial charge in [0.1, 0.15) is 0 Å². The molecule has 2 aromatic rings. The van der Waals surface area contributed by atoms with Gasteiger partial charge < -0.3 is 10.2 Å². The Bertz CT molecular complexity index is 744. The summed E-state index contributed by atoms with van der Waals surface area (Å²) in [5.41, 5.74) is 2.32. The highest BCUT2D eigenvalue weighted by Gasteiger charge is 2.31. The van der Waals surface area contributed by atoms with E-state index in [-0.39, 0.29) is 17.9 Å². The Morgan fingerprint density at radius 3 is 3.08 bits per heavy atom. The van der Waals surface area contributed by atoms with Crippen molar-refractivity contribution in [3.8, 4) is 0 Å². The number of amides is 1. The second-order valence-corrected chi connectivity index (χ2v) is 7.63. The third kappa shape index (κ3) is 3.02. The molecule has 24 heavy (non-hydrogen) atoms. The molecule has 1 amide bonds. The lowest BCUT2D eigenvalue weighted by atomic mass is 9.99. The van der Waals surface area contributed by atoms with Gasteiger partial charge in [-0.25, -0.2) is 0 Å². The molecule has 0 radical (unpaired) electrons. The number of thioether (sulfide) groups is 1. The minimum absolute atomic E-state index is 0.0139. The Labute approximate surface area is 146 Å². The van der Waals surface area contributed by atoms with E-state index in [1.54, 1.807) is 11.8 Å². The van der Waals surface area contributed by atoms with Crippen molar-refractivity contribution >= 4 is 23.4 Å². The van der Waals surface area contributed by atoms with E-state index in [2.05, 4.69) is 27.4 Å². The Kier molecular flexibility index (Phi) is 4.22. The van der Waals surface area contributed by atoms with Crippen molar-refractivity contribution in [1.29, 1.82) is 0 Å². The van der Waals surface area contributed by atoms with Crippen molar-refractivity contribution < 1.29 is 4.79 Å². The van der Waals surface area contributed by atoms with Crippen molar-refractivity contribution in [2.24, 2.45) is 7.05 Å². The van der Waals surface area contributed by atoms with Crippen LogP contribution in [0.2, 0.25) is 0 Å². The lowest BCUT2D eigenvalue weighted by Crippen LogP contribution is -2.49. The van der Waals surface area contributed by atoms with Crippen LogP contribution in [0.5, 0.6) is 0 Å². The topological polar surface area (TPSA) is 50.2 Å². The Morgan fingerprint density at radius 1 is 1.38 bits per heavy atom. The summed E-state index contributed by atoms with van der Waals surface area (Å²) in [7, 11) is 1.93. The Hall–Kier alpha value is -1.95. The van der Waals surface area contributed by atoms with Gasteiger partial charge in [-0.1, -0.05) is 18.2 Å². The van der Waals surface area contributed by atoms with Crippen molar-refractivity contribution in [2.75, 3.05) is 23.7 Å². The summed E-state index contributed by atoms with van der Waals surface area (Å²) in [5.74, 6) is 1.01. The number of carbonyl (C=O) groups excluding carboxylic acids is 1. The molecule has 3 heterocycles. The van der Waals surface area contributed by atoms with Gasteiger partial charge >= 0.3 is 0 Å². The second kappa shape index (κ2) is 6.51. The largest absolute Gasteiger partial charge is 0.367 e. The second-order valence-electron chi connectivity index (χ2n) is 6.57. The molecule has 0 bridgehead atoms. The Balaban J connectivity index is 1.41. The van der Waals surface area contributed by atoms with E-state index in [1.807, 2.05) is 36.3 Å². The van der Waals surface area contributed by atoms with Crippen LogP contribution in [0.25, 0.3) is 0 Å². The standard InChI is InChI=1S/C18H22N4OS/c1-21-11-14(9-19-21)22-8-4-5-13(10-22)20-18(23)16-12-24-17-7-3-2-6-15(16)17/h2-3,6-7,9,11,13,16H,4-5,8,10,12H2,1H3,(H,20,23)/t13-,16+/m0/s1. The molecule has 2 aliphatic rings. The summed E-state index contributed by atoms with van der Waals surface area (Å²) < 4.78 is 1.82. The molecule has 0 unspecified atom stereocenters. The van der Waals surface area contributed by atoms with Crippen LogP contribution < -0.4 is 10.2 Å². The van der Waals surface area contributed by atoms with E-state index >= 15 is 0 Å². The zero-order valence-electron chi connectivity index (χ0n) is 13.8. The molecule has 1 fully saturated rings. The molecular formula is C18H22N4OS. The predicted molar refractivity (Wildman–Crippen MR) is 96.5 cm³/mol. The number of aromatic nitrogens is 2. The molecule has 2 aliphatic heterocycles. The first-order valence-electron chi connectivity index (χ1n) is 8.46. The molecule has 0 spiro atoms. The van der Waals surface area contributed by atoms with Crippen LogP contribution >= 0.6 is 11.8 Å². The molecule has 4 rings (SSSR count). The molecule has 1 saturated heterocycles. The molecule has 0 saturated carbocycles. The summed E-state index contributed by atoms with van der Waals surface area (Å²) in [4.78, 5) is 16.3. The van der Waals surface area contributed by atoms with Crippen LogP contribution in [0.15, 0.2) is 41.6 Å². The number of carbonyl (C=O) groups is 1. The lowest BCUT2D eigenvalue weighted by molar-refractivity contribution is -0.122. The summed E-state index contributed by atoms with van der Waals surface area (Å²) >= 11 is 1.78. The summed E-state index contributed by atoms with van der Waals surface area (Å²) in [6.45, 7) is 1.89. The highest BCUT2D eigenvalue weighted by molar-refractivity contribution is 7.99. The third-order valence-electron chi connectivity index (χ3n) is 4.84. The van der Waals surface area contributed by atoms with Gasteiger partial charge in [0.25, 0.3) is 0 Å². The quantitative estimate of drug-likeness (QED) is 0.931. The highest BCUT2D eigenvalue weighted by Crippen LogP contribution is 2.39. The van der Waals surface area contributed by atoms with Crippen molar-refractivity contribution in [1.82, 2.24) is 15.1 Å². The van der Waals surface area contributed by atoms with E-state index in [9.17, 15) is 4.79 Å². The average molecular weight is 342 g/mol. The first kappa shape index (κ1) is 15.6. The Morgan fingerprint density at radius 2 is 2.25 bits per heavy atom. The van der Waals surface area contributed by atoms with Crippen molar-refractivity contribution in [3.05, 3.63) is 42.2 Å². The van der Waals surface area contributed by atoms with E-state index in [4.69, 9.17) is 0 Å². The van der Waals surface area contributed by atoms with Crippen molar-refractivity contribution in [2.45, 2.75) is 29.7 Å². The fraction of sp³-hybridized carbons (Fsp3) is 0.444. The van der Waals surface area contributed by atoms with E-state index < -0.39 is 0 Å². The van der Waals surface area contributed by atoms with Crippen molar-refractivity contribution in [3.63, 3.8) is 0 Å². The zero-order chi connectivity index (χ0) is 16.5. The fourth-order valence-corrected chi connectivity index (χ4v) is 4.81. The predicted octanol–water partition coefficient (Wildman–Crippen LogP) is 2.39. The zero-order valence-corrected chi connectivity index (χ0v) is 14.6. The first-order valence-corrected chi connectivity index (χ1v) is 9.45. The number of hydrogen-bond donors (Lipinski definition) is 1. The molecule has 1 N–H and O–H groups in total. The lowest BCUT2D eigenvalue weighted by Gasteiger charge is -2.34. The fourth-order valence-electron chi connectivity index (χ4n) is 3.58. The smallest absolute Gasteiger partial charge is 0.228 e. The monoisotopic (exact) mass is 342 g/mol. The number of benzene rings is 1. The minimum atomic E-state index is -0.0139. The number of fused-ring (bicyclic) bond motifs is 1. The molecule has 1 aromatic heterocycles. The van der Waals surface area contributed by atoms with Gasteiger partial charge in [0, 0.05) is 43.0 Å². The minimum Gasteiger partial charge on any atom is -0.367 e. The van der Waals surface area contributed by atoms with Gasteiger partial charge in [-0.3, -0.25) is 9.48 Å². The number of hydrogen-bond acceptors (Lipinski definition) is 4. The molecule has 0 aliphatic carbocycles. The van der Waals surface area contributed by atoms with Crippen LogP contribution in [0.3, 0.4) is 0 Å². The number of anilines is 1. The summed E-state index contributed by atoms with van der Waals surface area (Å²) in [6, 6.07) is 8.47. The third-order valence-corrected chi connectivity index (χ3v) is 6.02. The molecule has 6 heteroatoms. The number of aryl methyl sites for hydroxylation is 1. The maximum Gasteiger partial charge on any atom is 0.228 e. The number of nitrogens with zero attached hydrogens (tertiary/aromatic N) is 3. The van der Waals surface area contributed by atoms with Crippen LogP contribution in [-0.4, -0.2) is 40.6 Å². The van der Waals surface area contributed by atoms with Gasteiger partial charge in [0.15, 0.2) is 0 Å². The maximum atomic E-state index is 12.8. The molecule has 1 aromatic carbocycles. The van der Waals surface area contributed by atoms with E-state index in [0.29, 0.717) is 0 Å². The van der Waals surface area contributed by atoms with Gasteiger partial charge in [0.05, 0.1) is 17.8 Å². The van der Waals surface area contributed by atoms with Gasteiger partial charge in [-0.15, -0.1) is 11.8 Å². The average Bonchev–Trinajstić information content (AvgIpc) is 3.21. The van der Waals surface area contributed by atoms with Crippen LogP contribution in [0, 0.1) is 0 Å². The first-order chi connectivity index (χ1) is 11.7. The number of piperidine rings is 1. The van der Waals surface area contributed by atoms with Crippen LogP contribution in [0.1, 0.15) is 24.3 Å². The maximum absolute atomic E-state index is 12.8. The molecule has 5 nitrogen and oxygen atoms in total. The van der Waals surface area contributed by atoms with Gasteiger partial charge in [-0.05, 0) is 24.5 Å². The molecular weight excluding hydrogens is 320 g/mol. The molecule has 126 valence electrons. The van der Waals surface area contributed by atoms with E-state index in [0.717, 1.165) is 37.4 Å². The SMILES string of the molecule is Cn1cc(N2CCC[C@H](NC(=O)[C@@H]3CSc4ccccc43)C2)cn1. The molecule has 2 atom stereocenters. The highest BCUT2D eigenvalue weighted by atomic mass is 32.2. The van der Waals surface area contributed by atoms with E-state index in [1.165, 1.54) is 10.5 Å². The van der Waals surface area contributed by atoms with Gasteiger partial charge in [0.2, 0.25) is 5.91 Å². The number of rotatable bonds is 3. The summed E-state index contributed by atoms with van der Waals surface area (Å²) in [6.07, 6.45) is 6.07. The van der Waals surface area contributed by atoms with Crippen LogP contribution in [0.4, 0.5) is 5.69 Å².